The molecule has 0 bridgehead atoms. The van der Waals surface area contributed by atoms with Crippen molar-refractivity contribution in [2.24, 2.45) is 11.3 Å². The summed E-state index contributed by atoms with van der Waals surface area (Å²) < 4.78 is 10.5. The van der Waals surface area contributed by atoms with E-state index >= 15 is 0 Å². The van der Waals surface area contributed by atoms with Crippen molar-refractivity contribution in [1.29, 1.82) is 0 Å². The van der Waals surface area contributed by atoms with Crippen LogP contribution in [0.15, 0.2) is 18.2 Å². The standard InChI is InChI=1S/C24H35N3O5/c1-24(2,3)23(30)27-8-6-7-17(16-27)21(28)25-9-11-26(12-10-25)22(29)18-13-19(31-4)15-20(14-18)32-5/h13-15,17H,6-12,16H2,1-5H3. The summed E-state index contributed by atoms with van der Waals surface area (Å²) in [6, 6.07) is 5.13. The fraction of sp³-hybridized carbons (Fsp3) is 0.625. The highest BCUT2D eigenvalue weighted by Gasteiger charge is 2.36. The molecule has 3 rings (SSSR count). The predicted molar refractivity (Wildman–Crippen MR) is 121 cm³/mol. The molecule has 32 heavy (non-hydrogen) atoms. The van der Waals surface area contributed by atoms with Crippen LogP contribution in [-0.4, -0.2) is 85.9 Å². The SMILES string of the molecule is COc1cc(OC)cc(C(=O)N2CCN(C(=O)C3CCCN(C(=O)C(C)(C)C)C3)CC2)c1. The fourth-order valence-electron chi connectivity index (χ4n) is 4.34. The quantitative estimate of drug-likeness (QED) is 0.710. The number of carbonyl (C=O) groups is 3. The normalized spacial score (nSPS) is 19.5. The first kappa shape index (κ1) is 23.9. The van der Waals surface area contributed by atoms with Gasteiger partial charge >= 0.3 is 0 Å². The number of amides is 3. The molecule has 1 atom stereocenters. The molecule has 3 amide bonds. The lowest BCUT2D eigenvalue weighted by Gasteiger charge is -2.40. The summed E-state index contributed by atoms with van der Waals surface area (Å²) in [6.45, 7) is 8.87. The van der Waals surface area contributed by atoms with Gasteiger partial charge in [0.2, 0.25) is 11.8 Å². The van der Waals surface area contributed by atoms with E-state index in [0.29, 0.717) is 56.3 Å². The lowest BCUT2D eigenvalue weighted by molar-refractivity contribution is -0.146. The van der Waals surface area contributed by atoms with Crippen LogP contribution in [0.1, 0.15) is 44.0 Å². The number of methoxy groups -OCH3 is 2. The van der Waals surface area contributed by atoms with E-state index in [1.165, 1.54) is 0 Å². The highest BCUT2D eigenvalue weighted by Crippen LogP contribution is 2.26. The van der Waals surface area contributed by atoms with Gasteiger partial charge in [0, 0.05) is 56.3 Å². The van der Waals surface area contributed by atoms with E-state index < -0.39 is 5.41 Å². The first-order chi connectivity index (χ1) is 15.1. The molecule has 2 aliphatic rings. The predicted octanol–water partition coefficient (Wildman–Crippen LogP) is 2.27. The van der Waals surface area contributed by atoms with Crippen molar-refractivity contribution in [3.05, 3.63) is 23.8 Å². The Balaban J connectivity index is 1.59. The van der Waals surface area contributed by atoms with Gasteiger partial charge in [-0.25, -0.2) is 0 Å². The molecule has 0 aromatic heterocycles. The van der Waals surface area contributed by atoms with Gasteiger partial charge in [-0.1, -0.05) is 20.8 Å². The summed E-state index contributed by atoms with van der Waals surface area (Å²) in [5.41, 5.74) is 0.0595. The Hall–Kier alpha value is -2.77. The van der Waals surface area contributed by atoms with Crippen molar-refractivity contribution in [2.45, 2.75) is 33.6 Å². The first-order valence-electron chi connectivity index (χ1n) is 11.2. The number of rotatable bonds is 4. The third-order valence-electron chi connectivity index (χ3n) is 6.18. The second-order valence-electron chi connectivity index (χ2n) is 9.56. The van der Waals surface area contributed by atoms with Gasteiger partial charge in [0.25, 0.3) is 5.91 Å². The van der Waals surface area contributed by atoms with E-state index in [1.54, 1.807) is 37.3 Å². The lowest BCUT2D eigenvalue weighted by Crippen LogP contribution is -2.54. The van der Waals surface area contributed by atoms with E-state index in [2.05, 4.69) is 0 Å². The van der Waals surface area contributed by atoms with Crippen LogP contribution in [0.4, 0.5) is 0 Å². The molecule has 2 heterocycles. The molecule has 0 spiro atoms. The number of likely N-dealkylation sites (tertiary alicyclic amines) is 1. The number of piperazine rings is 1. The molecule has 8 heteroatoms. The maximum Gasteiger partial charge on any atom is 0.254 e. The van der Waals surface area contributed by atoms with Gasteiger partial charge in [-0.15, -0.1) is 0 Å². The average Bonchev–Trinajstić information content (AvgIpc) is 2.81. The van der Waals surface area contributed by atoms with E-state index in [4.69, 9.17) is 9.47 Å². The summed E-state index contributed by atoms with van der Waals surface area (Å²) in [7, 11) is 3.10. The van der Waals surface area contributed by atoms with Crippen LogP contribution in [-0.2, 0) is 9.59 Å². The molecule has 8 nitrogen and oxygen atoms in total. The highest BCUT2D eigenvalue weighted by atomic mass is 16.5. The summed E-state index contributed by atoms with van der Waals surface area (Å²) in [5.74, 6) is 1.04. The minimum Gasteiger partial charge on any atom is -0.497 e. The summed E-state index contributed by atoms with van der Waals surface area (Å²) in [5, 5.41) is 0. The van der Waals surface area contributed by atoms with Crippen LogP contribution >= 0.6 is 0 Å². The average molecular weight is 446 g/mol. The first-order valence-corrected chi connectivity index (χ1v) is 11.2. The molecule has 2 aliphatic heterocycles. The lowest BCUT2D eigenvalue weighted by atomic mass is 9.90. The number of hydrogen-bond acceptors (Lipinski definition) is 5. The maximum absolute atomic E-state index is 13.1. The zero-order valence-corrected chi connectivity index (χ0v) is 19.8. The second kappa shape index (κ2) is 9.79. The third kappa shape index (κ3) is 5.34. The Labute approximate surface area is 190 Å². The molecule has 2 saturated heterocycles. The molecular weight excluding hydrogens is 410 g/mol. The van der Waals surface area contributed by atoms with Gasteiger partial charge in [0.05, 0.1) is 20.1 Å². The molecular formula is C24H35N3O5. The fourth-order valence-corrected chi connectivity index (χ4v) is 4.34. The zero-order valence-electron chi connectivity index (χ0n) is 19.8. The van der Waals surface area contributed by atoms with Crippen molar-refractivity contribution in [3.8, 4) is 11.5 Å². The van der Waals surface area contributed by atoms with Gasteiger partial charge in [0.1, 0.15) is 11.5 Å². The van der Waals surface area contributed by atoms with Crippen molar-refractivity contribution >= 4 is 17.7 Å². The molecule has 1 unspecified atom stereocenters. The van der Waals surface area contributed by atoms with Gasteiger partial charge in [0.15, 0.2) is 0 Å². The summed E-state index contributed by atoms with van der Waals surface area (Å²) in [4.78, 5) is 44.2. The molecule has 0 saturated carbocycles. The van der Waals surface area contributed by atoms with Crippen LogP contribution in [0.2, 0.25) is 0 Å². The molecule has 0 aliphatic carbocycles. The minimum absolute atomic E-state index is 0.0894. The van der Waals surface area contributed by atoms with Gasteiger partial charge in [-0.3, -0.25) is 14.4 Å². The monoisotopic (exact) mass is 445 g/mol. The number of piperidine rings is 1. The maximum atomic E-state index is 13.1. The topological polar surface area (TPSA) is 79.4 Å². The Kier molecular flexibility index (Phi) is 7.31. The third-order valence-corrected chi connectivity index (χ3v) is 6.18. The molecule has 176 valence electrons. The van der Waals surface area contributed by atoms with E-state index in [9.17, 15) is 14.4 Å². The van der Waals surface area contributed by atoms with E-state index in [-0.39, 0.29) is 23.6 Å². The van der Waals surface area contributed by atoms with Crippen LogP contribution in [0.3, 0.4) is 0 Å². The number of benzene rings is 1. The largest absolute Gasteiger partial charge is 0.497 e. The van der Waals surface area contributed by atoms with Crippen LogP contribution in [0, 0.1) is 11.3 Å². The molecule has 0 N–H and O–H groups in total. The second-order valence-corrected chi connectivity index (χ2v) is 9.56. The number of nitrogens with zero attached hydrogens (tertiary/aromatic N) is 3. The van der Waals surface area contributed by atoms with Crippen LogP contribution < -0.4 is 9.47 Å². The van der Waals surface area contributed by atoms with Crippen molar-refractivity contribution in [1.82, 2.24) is 14.7 Å². The Morgan fingerprint density at radius 3 is 1.94 bits per heavy atom. The Bertz CT molecular complexity index is 833. The molecule has 1 aromatic rings. The van der Waals surface area contributed by atoms with Gasteiger partial charge in [-0.05, 0) is 25.0 Å². The minimum atomic E-state index is -0.445. The van der Waals surface area contributed by atoms with Crippen molar-refractivity contribution in [3.63, 3.8) is 0 Å². The molecule has 2 fully saturated rings. The highest BCUT2D eigenvalue weighted by molar-refractivity contribution is 5.95. The number of ether oxygens (including phenoxy) is 2. The smallest absolute Gasteiger partial charge is 0.254 e. The number of carbonyl (C=O) groups excluding carboxylic acids is 3. The summed E-state index contributed by atoms with van der Waals surface area (Å²) in [6.07, 6.45) is 1.64. The Morgan fingerprint density at radius 1 is 0.844 bits per heavy atom. The Morgan fingerprint density at radius 2 is 1.41 bits per heavy atom. The zero-order chi connectivity index (χ0) is 23.5. The van der Waals surface area contributed by atoms with Crippen molar-refractivity contribution < 1.29 is 23.9 Å². The van der Waals surface area contributed by atoms with Gasteiger partial charge < -0.3 is 24.2 Å². The van der Waals surface area contributed by atoms with Gasteiger partial charge in [-0.2, -0.15) is 0 Å². The van der Waals surface area contributed by atoms with Crippen molar-refractivity contribution in [2.75, 3.05) is 53.5 Å². The van der Waals surface area contributed by atoms with E-state index in [0.717, 1.165) is 12.8 Å². The number of hydrogen-bond donors (Lipinski definition) is 0. The molecule has 1 aromatic carbocycles. The van der Waals surface area contributed by atoms with Crippen LogP contribution in [0.25, 0.3) is 0 Å². The van der Waals surface area contributed by atoms with E-state index in [1.807, 2.05) is 30.6 Å². The summed E-state index contributed by atoms with van der Waals surface area (Å²) >= 11 is 0. The van der Waals surface area contributed by atoms with Crippen LogP contribution in [0.5, 0.6) is 11.5 Å². The molecule has 0 radical (unpaired) electrons.